The first-order valence-electron chi connectivity index (χ1n) is 6.32. The van der Waals surface area contributed by atoms with Crippen LogP contribution in [0, 0.1) is 0 Å². The molecule has 0 aromatic carbocycles. The highest BCUT2D eigenvalue weighted by molar-refractivity contribution is 5.78. The number of carbonyl (C=O) groups excluding carboxylic acids is 1. The number of hydrogen-bond donors (Lipinski definition) is 1. The average molecular weight is 245 g/mol. The van der Waals surface area contributed by atoms with Gasteiger partial charge in [0.15, 0.2) is 0 Å². The van der Waals surface area contributed by atoms with E-state index in [2.05, 4.69) is 16.9 Å². The predicted molar refractivity (Wildman–Crippen MR) is 70.9 cm³/mol. The van der Waals surface area contributed by atoms with Crippen LogP contribution in [0.4, 0.5) is 0 Å². The Balaban J connectivity index is 1.91. The molecular weight excluding hydrogens is 226 g/mol. The third-order valence-electron chi connectivity index (χ3n) is 2.93. The summed E-state index contributed by atoms with van der Waals surface area (Å²) in [5.41, 5.74) is 0.946. The van der Waals surface area contributed by atoms with E-state index >= 15 is 0 Å². The third kappa shape index (κ3) is 3.67. The van der Waals surface area contributed by atoms with Crippen LogP contribution in [-0.2, 0) is 11.3 Å². The Morgan fingerprint density at radius 2 is 2.39 bits per heavy atom. The maximum absolute atomic E-state index is 12.1. The number of nitrogens with zero attached hydrogens (tertiary/aromatic N) is 2. The minimum atomic E-state index is 0.144. The van der Waals surface area contributed by atoms with Crippen molar-refractivity contribution in [1.29, 1.82) is 0 Å². The van der Waals surface area contributed by atoms with Crippen molar-refractivity contribution in [2.24, 2.45) is 0 Å². The fourth-order valence-electron chi connectivity index (χ4n) is 1.86. The van der Waals surface area contributed by atoms with E-state index < -0.39 is 0 Å². The van der Waals surface area contributed by atoms with E-state index in [0.29, 0.717) is 25.7 Å². The van der Waals surface area contributed by atoms with Crippen LogP contribution in [0.5, 0.6) is 0 Å². The van der Waals surface area contributed by atoms with Crippen LogP contribution in [0.1, 0.15) is 18.5 Å². The van der Waals surface area contributed by atoms with Gasteiger partial charge < -0.3 is 10.2 Å². The largest absolute Gasteiger partial charge is 0.333 e. The van der Waals surface area contributed by atoms with Gasteiger partial charge in [0.05, 0.1) is 18.8 Å². The van der Waals surface area contributed by atoms with Crippen LogP contribution in [-0.4, -0.2) is 34.9 Å². The highest BCUT2D eigenvalue weighted by Crippen LogP contribution is 2.27. The van der Waals surface area contributed by atoms with Crippen LogP contribution < -0.4 is 5.32 Å². The van der Waals surface area contributed by atoms with Crippen molar-refractivity contribution in [3.05, 3.63) is 42.7 Å². The molecule has 0 radical (unpaired) electrons. The molecule has 1 N–H and O–H groups in total. The molecular formula is C14H19N3O. The molecule has 1 aliphatic rings. The van der Waals surface area contributed by atoms with Gasteiger partial charge >= 0.3 is 0 Å². The van der Waals surface area contributed by atoms with Crippen molar-refractivity contribution >= 4 is 5.91 Å². The molecule has 4 heteroatoms. The molecule has 18 heavy (non-hydrogen) atoms. The lowest BCUT2D eigenvalue weighted by atomic mass is 10.3. The molecule has 0 atom stereocenters. The van der Waals surface area contributed by atoms with Gasteiger partial charge in [0.2, 0.25) is 5.91 Å². The summed E-state index contributed by atoms with van der Waals surface area (Å²) >= 11 is 0. The Labute approximate surface area is 108 Å². The van der Waals surface area contributed by atoms with E-state index in [1.165, 1.54) is 0 Å². The van der Waals surface area contributed by atoms with Crippen molar-refractivity contribution in [2.75, 3.05) is 13.1 Å². The zero-order valence-electron chi connectivity index (χ0n) is 10.5. The van der Waals surface area contributed by atoms with E-state index in [0.717, 1.165) is 18.5 Å². The molecule has 0 saturated heterocycles. The Morgan fingerprint density at radius 3 is 3.00 bits per heavy atom. The van der Waals surface area contributed by atoms with Crippen LogP contribution in [0.2, 0.25) is 0 Å². The van der Waals surface area contributed by atoms with E-state index in [9.17, 15) is 4.79 Å². The maximum Gasteiger partial charge on any atom is 0.237 e. The summed E-state index contributed by atoms with van der Waals surface area (Å²) in [6, 6.07) is 6.21. The summed E-state index contributed by atoms with van der Waals surface area (Å²) in [4.78, 5) is 18.3. The molecule has 1 fully saturated rings. The Bertz CT molecular complexity index is 401. The summed E-state index contributed by atoms with van der Waals surface area (Å²) in [5.74, 6) is 0.144. The molecule has 2 rings (SSSR count). The van der Waals surface area contributed by atoms with E-state index in [4.69, 9.17) is 0 Å². The Kier molecular flexibility index (Phi) is 4.47. The monoisotopic (exact) mass is 245 g/mol. The van der Waals surface area contributed by atoms with Crippen LogP contribution in [0.3, 0.4) is 0 Å². The predicted octanol–water partition coefficient (Wildman–Crippen LogP) is 1.35. The molecule has 96 valence electrons. The molecule has 1 aliphatic carbocycles. The van der Waals surface area contributed by atoms with Crippen LogP contribution >= 0.6 is 0 Å². The topological polar surface area (TPSA) is 45.2 Å². The van der Waals surface area contributed by atoms with Crippen LogP contribution in [0.15, 0.2) is 37.1 Å². The second kappa shape index (κ2) is 6.31. The van der Waals surface area contributed by atoms with E-state index in [1.807, 2.05) is 23.1 Å². The summed E-state index contributed by atoms with van der Waals surface area (Å²) in [7, 11) is 0. The summed E-state index contributed by atoms with van der Waals surface area (Å²) in [5, 5.41) is 3.05. The first-order valence-corrected chi connectivity index (χ1v) is 6.32. The minimum absolute atomic E-state index is 0.144. The highest BCUT2D eigenvalue weighted by Gasteiger charge is 2.32. The average Bonchev–Trinajstić information content (AvgIpc) is 3.21. The minimum Gasteiger partial charge on any atom is -0.333 e. The second-order valence-electron chi connectivity index (χ2n) is 4.49. The van der Waals surface area contributed by atoms with Crippen molar-refractivity contribution in [3.8, 4) is 0 Å². The molecule has 4 nitrogen and oxygen atoms in total. The van der Waals surface area contributed by atoms with Gasteiger partial charge in [-0.3, -0.25) is 9.78 Å². The number of hydrogen-bond acceptors (Lipinski definition) is 3. The first kappa shape index (κ1) is 12.8. The molecule has 1 heterocycles. The van der Waals surface area contributed by atoms with Gasteiger partial charge in [0.1, 0.15) is 0 Å². The number of rotatable bonds is 7. The second-order valence-corrected chi connectivity index (χ2v) is 4.49. The summed E-state index contributed by atoms with van der Waals surface area (Å²) in [6.07, 6.45) is 5.74. The molecule has 1 amide bonds. The smallest absolute Gasteiger partial charge is 0.237 e. The van der Waals surface area contributed by atoms with Crippen molar-refractivity contribution in [3.63, 3.8) is 0 Å². The van der Waals surface area contributed by atoms with Gasteiger partial charge in [-0.15, -0.1) is 6.58 Å². The fourth-order valence-corrected chi connectivity index (χ4v) is 1.86. The quantitative estimate of drug-likeness (QED) is 0.582. The molecule has 0 unspecified atom stereocenters. The van der Waals surface area contributed by atoms with Gasteiger partial charge in [0, 0.05) is 18.8 Å². The SMILES string of the molecule is C=CCNCC(=O)N(Cc1ccccn1)C1CC1. The molecule has 0 spiro atoms. The zero-order valence-corrected chi connectivity index (χ0v) is 10.5. The summed E-state index contributed by atoms with van der Waals surface area (Å²) in [6.45, 7) is 5.26. The van der Waals surface area contributed by atoms with Crippen molar-refractivity contribution < 1.29 is 4.79 Å². The zero-order chi connectivity index (χ0) is 12.8. The number of pyridine rings is 1. The lowest BCUT2D eigenvalue weighted by molar-refractivity contribution is -0.131. The van der Waals surface area contributed by atoms with Gasteiger partial charge in [-0.1, -0.05) is 12.1 Å². The lowest BCUT2D eigenvalue weighted by Crippen LogP contribution is -2.39. The van der Waals surface area contributed by atoms with Crippen LogP contribution in [0.25, 0.3) is 0 Å². The first-order chi connectivity index (χ1) is 8.81. The van der Waals surface area contributed by atoms with Crippen molar-refractivity contribution in [2.45, 2.75) is 25.4 Å². The van der Waals surface area contributed by atoms with E-state index in [1.54, 1.807) is 12.3 Å². The summed E-state index contributed by atoms with van der Waals surface area (Å²) < 4.78 is 0. The fraction of sp³-hybridized carbons (Fsp3) is 0.429. The molecule has 0 bridgehead atoms. The van der Waals surface area contributed by atoms with Gasteiger partial charge in [0.25, 0.3) is 0 Å². The number of carbonyl (C=O) groups is 1. The normalized spacial score (nSPS) is 14.2. The highest BCUT2D eigenvalue weighted by atomic mass is 16.2. The molecule has 1 saturated carbocycles. The molecule has 1 aromatic heterocycles. The van der Waals surface area contributed by atoms with Crippen molar-refractivity contribution in [1.82, 2.24) is 15.2 Å². The van der Waals surface area contributed by atoms with Gasteiger partial charge in [-0.2, -0.15) is 0 Å². The molecule has 0 aliphatic heterocycles. The standard InChI is InChI=1S/C14H19N3O/c1-2-8-15-10-14(18)17(13-6-7-13)11-12-5-3-4-9-16-12/h2-5,9,13,15H,1,6-8,10-11H2. The number of aromatic nitrogens is 1. The number of amides is 1. The maximum atomic E-state index is 12.1. The lowest BCUT2D eigenvalue weighted by Gasteiger charge is -2.22. The third-order valence-corrected chi connectivity index (χ3v) is 2.93. The number of nitrogens with one attached hydrogen (secondary N) is 1. The Hall–Kier alpha value is -1.68. The Morgan fingerprint density at radius 1 is 1.56 bits per heavy atom. The molecule has 1 aromatic rings. The van der Waals surface area contributed by atoms with E-state index in [-0.39, 0.29) is 5.91 Å². The van der Waals surface area contributed by atoms with Gasteiger partial charge in [-0.05, 0) is 25.0 Å². The van der Waals surface area contributed by atoms with Gasteiger partial charge in [-0.25, -0.2) is 0 Å².